The van der Waals surface area contributed by atoms with Crippen LogP contribution in [0.25, 0.3) is 0 Å². The molecule has 26 heavy (non-hydrogen) atoms. The van der Waals surface area contributed by atoms with Crippen LogP contribution in [0.4, 0.5) is 0 Å². The van der Waals surface area contributed by atoms with E-state index in [0.29, 0.717) is 11.3 Å². The van der Waals surface area contributed by atoms with Crippen molar-refractivity contribution in [2.24, 2.45) is 0 Å². The lowest BCUT2D eigenvalue weighted by atomic mass is 10.2. The van der Waals surface area contributed by atoms with Gasteiger partial charge in [-0.3, -0.25) is 9.69 Å². The van der Waals surface area contributed by atoms with E-state index >= 15 is 0 Å². The number of furan rings is 1. The molecule has 2 heterocycles. The second kappa shape index (κ2) is 9.55. The first kappa shape index (κ1) is 18.7. The van der Waals surface area contributed by atoms with Gasteiger partial charge in [-0.2, -0.15) is 0 Å². The van der Waals surface area contributed by atoms with Crippen molar-refractivity contribution in [3.05, 3.63) is 59.5 Å². The zero-order valence-electron chi connectivity index (χ0n) is 15.6. The van der Waals surface area contributed by atoms with Crippen LogP contribution in [0.15, 0.2) is 47.1 Å². The molecule has 1 fully saturated rings. The number of carbonyl (C=O) groups is 1. The van der Waals surface area contributed by atoms with Crippen molar-refractivity contribution in [2.75, 3.05) is 39.3 Å². The largest absolute Gasteiger partial charge is 0.469 e. The van der Waals surface area contributed by atoms with Crippen LogP contribution in [0.1, 0.15) is 34.5 Å². The molecule has 140 valence electrons. The molecule has 0 aliphatic carbocycles. The predicted molar refractivity (Wildman–Crippen MR) is 103 cm³/mol. The summed E-state index contributed by atoms with van der Waals surface area (Å²) in [6.07, 6.45) is 3.68. The quantitative estimate of drug-likeness (QED) is 0.740. The van der Waals surface area contributed by atoms with Gasteiger partial charge in [0, 0.05) is 39.3 Å². The third-order valence-electron chi connectivity index (χ3n) is 5.00. The Morgan fingerprint density at radius 1 is 1.04 bits per heavy atom. The van der Waals surface area contributed by atoms with Crippen molar-refractivity contribution in [2.45, 2.75) is 26.3 Å². The lowest BCUT2D eigenvalue weighted by Crippen LogP contribution is -2.46. The van der Waals surface area contributed by atoms with Crippen molar-refractivity contribution >= 4 is 5.91 Å². The Labute approximate surface area is 156 Å². The molecule has 0 bridgehead atoms. The van der Waals surface area contributed by atoms with E-state index in [1.54, 1.807) is 12.3 Å². The lowest BCUT2D eigenvalue weighted by molar-refractivity contribution is 0.0949. The summed E-state index contributed by atoms with van der Waals surface area (Å²) in [5.41, 5.74) is 2.03. The molecule has 0 atom stereocenters. The van der Waals surface area contributed by atoms with E-state index in [-0.39, 0.29) is 5.91 Å². The van der Waals surface area contributed by atoms with Crippen LogP contribution in [0.5, 0.6) is 0 Å². The third kappa shape index (κ3) is 5.44. The molecule has 0 saturated carbocycles. The Bertz CT molecular complexity index is 676. The number of nitrogens with zero attached hydrogens (tertiary/aromatic N) is 2. The number of rotatable bonds is 8. The minimum atomic E-state index is -0.0363. The third-order valence-corrected chi connectivity index (χ3v) is 5.00. The Morgan fingerprint density at radius 3 is 2.46 bits per heavy atom. The SMILES string of the molecule is Cc1occc1C(=O)NCCCCN1CCN(Cc2ccccc2)CC1. The molecule has 1 aromatic heterocycles. The van der Waals surface area contributed by atoms with Crippen molar-refractivity contribution in [1.82, 2.24) is 15.1 Å². The molecule has 1 aromatic carbocycles. The molecule has 5 nitrogen and oxygen atoms in total. The summed E-state index contributed by atoms with van der Waals surface area (Å²) in [5.74, 6) is 0.640. The summed E-state index contributed by atoms with van der Waals surface area (Å²) < 4.78 is 5.17. The van der Waals surface area contributed by atoms with E-state index in [2.05, 4.69) is 45.4 Å². The summed E-state index contributed by atoms with van der Waals surface area (Å²) in [5, 5.41) is 2.97. The summed E-state index contributed by atoms with van der Waals surface area (Å²) >= 11 is 0. The van der Waals surface area contributed by atoms with Crippen molar-refractivity contribution in [3.63, 3.8) is 0 Å². The first-order valence-corrected chi connectivity index (χ1v) is 9.53. The highest BCUT2D eigenvalue weighted by atomic mass is 16.3. The van der Waals surface area contributed by atoms with Gasteiger partial charge in [0.15, 0.2) is 0 Å². The Kier molecular flexibility index (Phi) is 6.86. The van der Waals surface area contributed by atoms with Gasteiger partial charge in [-0.05, 0) is 37.9 Å². The Balaban J connectivity index is 1.26. The van der Waals surface area contributed by atoms with Gasteiger partial charge in [-0.1, -0.05) is 30.3 Å². The number of aryl methyl sites for hydroxylation is 1. The summed E-state index contributed by atoms with van der Waals surface area (Å²) in [6.45, 7) is 9.22. The van der Waals surface area contributed by atoms with E-state index in [1.165, 1.54) is 5.56 Å². The van der Waals surface area contributed by atoms with Gasteiger partial charge in [0.05, 0.1) is 11.8 Å². The lowest BCUT2D eigenvalue weighted by Gasteiger charge is -2.34. The molecular weight excluding hydrogens is 326 g/mol. The number of nitrogens with one attached hydrogen (secondary N) is 1. The maximum Gasteiger partial charge on any atom is 0.254 e. The average molecular weight is 355 g/mol. The van der Waals surface area contributed by atoms with Gasteiger partial charge in [0.2, 0.25) is 0 Å². The fraction of sp³-hybridized carbons (Fsp3) is 0.476. The van der Waals surface area contributed by atoms with Gasteiger partial charge in [0.1, 0.15) is 5.76 Å². The standard InChI is InChI=1S/C21H29N3O2/c1-18-20(9-16-26-18)21(25)22-10-5-6-11-23-12-14-24(15-13-23)17-19-7-3-2-4-8-19/h2-4,7-9,16H,5-6,10-15,17H2,1H3,(H,22,25). The van der Waals surface area contributed by atoms with Gasteiger partial charge >= 0.3 is 0 Å². The Morgan fingerprint density at radius 2 is 1.77 bits per heavy atom. The van der Waals surface area contributed by atoms with Gasteiger partial charge < -0.3 is 14.6 Å². The number of hydrogen-bond acceptors (Lipinski definition) is 4. The number of benzene rings is 1. The van der Waals surface area contributed by atoms with Crippen LogP contribution in [0.2, 0.25) is 0 Å². The van der Waals surface area contributed by atoms with Crippen LogP contribution in [-0.4, -0.2) is 55.0 Å². The number of piperazine rings is 1. The fourth-order valence-corrected chi connectivity index (χ4v) is 3.39. The zero-order valence-corrected chi connectivity index (χ0v) is 15.6. The first-order chi connectivity index (χ1) is 12.7. The second-order valence-corrected chi connectivity index (χ2v) is 6.96. The topological polar surface area (TPSA) is 48.7 Å². The van der Waals surface area contributed by atoms with Crippen molar-refractivity contribution < 1.29 is 9.21 Å². The maximum absolute atomic E-state index is 12.0. The highest BCUT2D eigenvalue weighted by Gasteiger charge is 2.16. The summed E-state index contributed by atoms with van der Waals surface area (Å²) in [6, 6.07) is 12.4. The molecule has 2 aromatic rings. The highest BCUT2D eigenvalue weighted by Crippen LogP contribution is 2.10. The molecule has 1 aliphatic heterocycles. The molecule has 0 radical (unpaired) electrons. The Hall–Kier alpha value is -2.11. The smallest absolute Gasteiger partial charge is 0.254 e. The number of amides is 1. The highest BCUT2D eigenvalue weighted by molar-refractivity contribution is 5.94. The van der Waals surface area contributed by atoms with E-state index < -0.39 is 0 Å². The molecule has 1 aliphatic rings. The molecule has 1 N–H and O–H groups in total. The zero-order chi connectivity index (χ0) is 18.2. The normalized spacial score (nSPS) is 15.9. The summed E-state index contributed by atoms with van der Waals surface area (Å²) in [7, 11) is 0. The molecule has 3 rings (SSSR count). The average Bonchev–Trinajstić information content (AvgIpc) is 3.09. The first-order valence-electron chi connectivity index (χ1n) is 9.53. The second-order valence-electron chi connectivity index (χ2n) is 6.96. The minimum absolute atomic E-state index is 0.0363. The van der Waals surface area contributed by atoms with Crippen LogP contribution in [0.3, 0.4) is 0 Å². The van der Waals surface area contributed by atoms with Crippen LogP contribution in [0, 0.1) is 6.92 Å². The minimum Gasteiger partial charge on any atom is -0.469 e. The fourth-order valence-electron chi connectivity index (χ4n) is 3.39. The van der Waals surface area contributed by atoms with Crippen LogP contribution in [-0.2, 0) is 6.54 Å². The molecule has 0 spiro atoms. The van der Waals surface area contributed by atoms with E-state index in [4.69, 9.17) is 4.42 Å². The monoisotopic (exact) mass is 355 g/mol. The molecule has 0 unspecified atom stereocenters. The van der Waals surface area contributed by atoms with Crippen molar-refractivity contribution in [3.8, 4) is 0 Å². The van der Waals surface area contributed by atoms with E-state index in [1.807, 2.05) is 6.92 Å². The maximum atomic E-state index is 12.0. The van der Waals surface area contributed by atoms with E-state index in [0.717, 1.165) is 58.7 Å². The van der Waals surface area contributed by atoms with Gasteiger partial charge in [0.25, 0.3) is 5.91 Å². The number of unbranched alkanes of at least 4 members (excludes halogenated alkanes) is 1. The van der Waals surface area contributed by atoms with Gasteiger partial charge in [-0.25, -0.2) is 0 Å². The van der Waals surface area contributed by atoms with Crippen LogP contribution < -0.4 is 5.32 Å². The molecular formula is C21H29N3O2. The molecule has 1 saturated heterocycles. The van der Waals surface area contributed by atoms with E-state index in [9.17, 15) is 4.79 Å². The summed E-state index contributed by atoms with van der Waals surface area (Å²) in [4.78, 5) is 17.0. The number of hydrogen-bond donors (Lipinski definition) is 1. The molecule has 1 amide bonds. The van der Waals surface area contributed by atoms with Crippen LogP contribution >= 0.6 is 0 Å². The van der Waals surface area contributed by atoms with Gasteiger partial charge in [-0.15, -0.1) is 0 Å². The number of carbonyl (C=O) groups excluding carboxylic acids is 1. The molecule has 5 heteroatoms. The predicted octanol–water partition coefficient (Wildman–Crippen LogP) is 2.92. The van der Waals surface area contributed by atoms with Crippen molar-refractivity contribution in [1.29, 1.82) is 0 Å².